The van der Waals surface area contributed by atoms with Crippen LogP contribution in [0.15, 0.2) is 54.2 Å². The molecule has 9 heteroatoms. The molecule has 2 N–H and O–H groups in total. The van der Waals surface area contributed by atoms with Gasteiger partial charge >= 0.3 is 6.03 Å². The van der Waals surface area contributed by atoms with Crippen molar-refractivity contribution in [1.29, 1.82) is 0 Å². The maximum atomic E-state index is 12.3. The third-order valence-electron chi connectivity index (χ3n) is 5.96. The van der Waals surface area contributed by atoms with Crippen molar-refractivity contribution in [2.75, 3.05) is 19.5 Å². The van der Waals surface area contributed by atoms with Crippen LogP contribution in [-0.2, 0) is 4.79 Å². The first-order chi connectivity index (χ1) is 17.4. The Morgan fingerprint density at radius 1 is 1.06 bits per heavy atom. The number of amides is 3. The van der Waals surface area contributed by atoms with E-state index in [9.17, 15) is 9.59 Å². The van der Waals surface area contributed by atoms with Gasteiger partial charge < -0.3 is 19.5 Å². The van der Waals surface area contributed by atoms with Crippen molar-refractivity contribution < 1.29 is 23.8 Å². The van der Waals surface area contributed by atoms with Crippen molar-refractivity contribution in [1.82, 2.24) is 10.3 Å². The first kappa shape index (κ1) is 25.3. The summed E-state index contributed by atoms with van der Waals surface area (Å²) in [5.74, 6) is 2.24. The number of nitrogens with zero attached hydrogens (tertiary/aromatic N) is 1. The molecule has 0 aliphatic heterocycles. The van der Waals surface area contributed by atoms with Gasteiger partial charge in [-0.15, -0.1) is 0 Å². The summed E-state index contributed by atoms with van der Waals surface area (Å²) in [6, 6.07) is 9.49. The number of fused-ring (bicyclic) bond motifs is 1. The van der Waals surface area contributed by atoms with Crippen LogP contribution in [0, 0.1) is 5.92 Å². The molecule has 8 nitrogen and oxygen atoms in total. The summed E-state index contributed by atoms with van der Waals surface area (Å²) in [6.07, 6.45) is 6.93. The highest BCUT2D eigenvalue weighted by Crippen LogP contribution is 2.38. The molecule has 0 fully saturated rings. The van der Waals surface area contributed by atoms with Crippen molar-refractivity contribution >= 4 is 40.1 Å². The van der Waals surface area contributed by atoms with E-state index < -0.39 is 6.03 Å². The minimum Gasteiger partial charge on any atom is -0.493 e. The Morgan fingerprint density at radius 2 is 1.83 bits per heavy atom. The lowest BCUT2D eigenvalue weighted by molar-refractivity contribution is -0.119. The largest absolute Gasteiger partial charge is 0.493 e. The number of aromatic nitrogens is 1. The van der Waals surface area contributed by atoms with Gasteiger partial charge in [-0.2, -0.15) is 0 Å². The van der Waals surface area contributed by atoms with Crippen LogP contribution in [0.25, 0.3) is 10.9 Å². The number of pyridine rings is 1. The SMILES string of the molecule is COc1cc2nccc(Oc3ccc(NC(=O)NC(=O)CC4=CCCC(C)C4)cc3Cl)c2cc1OC. The lowest BCUT2D eigenvalue weighted by Crippen LogP contribution is -2.34. The summed E-state index contributed by atoms with van der Waals surface area (Å²) in [6.45, 7) is 2.17. The van der Waals surface area contributed by atoms with Gasteiger partial charge in [-0.3, -0.25) is 15.1 Å². The predicted octanol–water partition coefficient (Wildman–Crippen LogP) is 6.48. The molecule has 1 aromatic heterocycles. The summed E-state index contributed by atoms with van der Waals surface area (Å²) in [5, 5.41) is 6.01. The summed E-state index contributed by atoms with van der Waals surface area (Å²) >= 11 is 6.44. The molecule has 0 bridgehead atoms. The highest BCUT2D eigenvalue weighted by atomic mass is 35.5. The monoisotopic (exact) mass is 509 g/mol. The lowest BCUT2D eigenvalue weighted by Gasteiger charge is -2.18. The molecule has 1 aliphatic carbocycles. The molecule has 1 aliphatic rings. The first-order valence-electron chi connectivity index (χ1n) is 11.6. The predicted molar refractivity (Wildman–Crippen MR) is 139 cm³/mol. The number of hydrogen-bond acceptors (Lipinski definition) is 6. The maximum absolute atomic E-state index is 12.3. The molecule has 2 aromatic carbocycles. The van der Waals surface area contributed by atoms with Crippen molar-refractivity contribution in [3.05, 3.63) is 59.3 Å². The van der Waals surface area contributed by atoms with Crippen LogP contribution in [0.3, 0.4) is 0 Å². The summed E-state index contributed by atoms with van der Waals surface area (Å²) < 4.78 is 16.8. The second-order valence-corrected chi connectivity index (χ2v) is 9.12. The van der Waals surface area contributed by atoms with Crippen molar-refractivity contribution in [3.8, 4) is 23.0 Å². The van der Waals surface area contributed by atoms with Crippen LogP contribution in [0.2, 0.25) is 5.02 Å². The number of rotatable bonds is 7. The second-order valence-electron chi connectivity index (χ2n) is 8.71. The van der Waals surface area contributed by atoms with Gasteiger partial charge in [-0.1, -0.05) is 30.2 Å². The van der Waals surface area contributed by atoms with Crippen LogP contribution >= 0.6 is 11.6 Å². The number of ether oxygens (including phenoxy) is 3. The summed E-state index contributed by atoms with van der Waals surface area (Å²) in [7, 11) is 3.12. The van der Waals surface area contributed by atoms with Gasteiger partial charge in [0.25, 0.3) is 0 Å². The molecule has 1 atom stereocenters. The van der Waals surface area contributed by atoms with E-state index in [4.69, 9.17) is 25.8 Å². The first-order valence-corrected chi connectivity index (χ1v) is 12.0. The van der Waals surface area contributed by atoms with Gasteiger partial charge in [0.2, 0.25) is 5.91 Å². The minimum atomic E-state index is -0.615. The number of hydrogen-bond donors (Lipinski definition) is 2. The normalized spacial score (nSPS) is 15.1. The summed E-state index contributed by atoms with van der Waals surface area (Å²) in [4.78, 5) is 28.9. The molecule has 36 heavy (non-hydrogen) atoms. The number of carbonyl (C=O) groups excluding carboxylic acids is 2. The van der Waals surface area contributed by atoms with Crippen molar-refractivity contribution in [2.45, 2.75) is 32.6 Å². The molecule has 3 aromatic rings. The topological polar surface area (TPSA) is 98.8 Å². The average Bonchev–Trinajstić information content (AvgIpc) is 2.84. The zero-order chi connectivity index (χ0) is 25.7. The van der Waals surface area contributed by atoms with Crippen LogP contribution in [0.1, 0.15) is 32.6 Å². The van der Waals surface area contributed by atoms with E-state index in [1.54, 1.807) is 56.8 Å². The van der Waals surface area contributed by atoms with Crippen molar-refractivity contribution in [3.63, 3.8) is 0 Å². The lowest BCUT2D eigenvalue weighted by atomic mass is 9.89. The Hall–Kier alpha value is -3.78. The third kappa shape index (κ3) is 6.07. The molecule has 0 spiro atoms. The van der Waals surface area contributed by atoms with E-state index >= 15 is 0 Å². The second kappa shape index (κ2) is 11.3. The van der Waals surface area contributed by atoms with E-state index in [2.05, 4.69) is 28.6 Å². The number of halogens is 1. The number of imide groups is 1. The molecule has 0 saturated carbocycles. The average molecular weight is 510 g/mol. The molecule has 0 saturated heterocycles. The van der Waals surface area contributed by atoms with E-state index in [1.165, 1.54) is 0 Å². The molecule has 0 radical (unpaired) electrons. The van der Waals surface area contributed by atoms with Crippen LogP contribution in [0.5, 0.6) is 23.0 Å². The van der Waals surface area contributed by atoms with E-state index in [-0.39, 0.29) is 17.4 Å². The van der Waals surface area contributed by atoms with Crippen LogP contribution in [0.4, 0.5) is 10.5 Å². The van der Waals surface area contributed by atoms with E-state index in [0.29, 0.717) is 45.5 Å². The molecule has 1 heterocycles. The zero-order valence-corrected chi connectivity index (χ0v) is 21.1. The van der Waals surface area contributed by atoms with E-state index in [0.717, 1.165) is 24.8 Å². The van der Waals surface area contributed by atoms with E-state index in [1.807, 2.05) is 0 Å². The zero-order valence-electron chi connectivity index (χ0n) is 20.4. The highest BCUT2D eigenvalue weighted by molar-refractivity contribution is 6.32. The fourth-order valence-corrected chi connectivity index (χ4v) is 4.42. The van der Waals surface area contributed by atoms with Gasteiger partial charge in [0, 0.05) is 29.8 Å². The fourth-order valence-electron chi connectivity index (χ4n) is 4.20. The number of urea groups is 1. The Balaban J connectivity index is 1.42. The molecular weight excluding hydrogens is 482 g/mol. The molecule has 188 valence electrons. The van der Waals surface area contributed by atoms with Gasteiger partial charge in [-0.25, -0.2) is 4.79 Å². The van der Waals surface area contributed by atoms with Gasteiger partial charge in [0.15, 0.2) is 11.5 Å². The number of allylic oxidation sites excluding steroid dienone is 1. The highest BCUT2D eigenvalue weighted by Gasteiger charge is 2.16. The van der Waals surface area contributed by atoms with Crippen molar-refractivity contribution in [2.24, 2.45) is 5.92 Å². The quantitative estimate of drug-likeness (QED) is 0.353. The smallest absolute Gasteiger partial charge is 0.325 e. The number of anilines is 1. The fraction of sp³-hybridized carbons (Fsp3) is 0.296. The Morgan fingerprint density at radius 3 is 2.56 bits per heavy atom. The molecular formula is C27H28ClN3O5. The van der Waals surface area contributed by atoms with Crippen LogP contribution in [-0.4, -0.2) is 31.1 Å². The van der Waals surface area contributed by atoms with Gasteiger partial charge in [-0.05, 0) is 55.5 Å². The Labute approximate surface area is 214 Å². The van der Waals surface area contributed by atoms with Gasteiger partial charge in [0.1, 0.15) is 11.5 Å². The number of benzene rings is 2. The van der Waals surface area contributed by atoms with Gasteiger partial charge in [0.05, 0.1) is 24.8 Å². The molecule has 1 unspecified atom stereocenters. The van der Waals surface area contributed by atoms with Crippen LogP contribution < -0.4 is 24.8 Å². The minimum absolute atomic E-state index is 0.224. The number of nitrogens with one attached hydrogen (secondary N) is 2. The molecule has 4 rings (SSSR count). The standard InChI is InChI=1S/C27H28ClN3O5/c1-16-5-4-6-17(11-16)12-26(32)31-27(33)30-18-7-8-23(20(28)13-18)36-22-9-10-29-21-15-25(35-3)24(34-2)14-19(21)22/h6-10,13-16H,4-5,11-12H2,1-3H3,(H2,30,31,32,33). The Bertz CT molecular complexity index is 1320. The number of methoxy groups -OCH3 is 2. The summed E-state index contributed by atoms with van der Waals surface area (Å²) in [5.41, 5.74) is 2.16. The Kier molecular flexibility index (Phi) is 7.95. The third-order valence-corrected chi connectivity index (χ3v) is 6.26. The maximum Gasteiger partial charge on any atom is 0.325 e. The number of carbonyl (C=O) groups is 2. The molecule has 3 amide bonds.